The quantitative estimate of drug-likeness (QED) is 0.310. The van der Waals surface area contributed by atoms with Gasteiger partial charge in [-0.15, -0.1) is 0 Å². The Morgan fingerprint density at radius 1 is 1.24 bits per heavy atom. The molecule has 0 spiro atoms. The molecule has 0 unspecified atom stereocenters. The van der Waals surface area contributed by atoms with Gasteiger partial charge >= 0.3 is 5.97 Å². The topological polar surface area (TPSA) is 125 Å². The molecule has 9 nitrogen and oxygen atoms in total. The first-order valence-electron chi connectivity index (χ1n) is 8.58. The third-order valence-electron chi connectivity index (χ3n) is 4.11. The molecule has 1 amide bonds. The highest BCUT2D eigenvalue weighted by atomic mass is 19.1. The molecular formula is C19H20FN3O6. The molecule has 0 bridgehead atoms. The van der Waals surface area contributed by atoms with Crippen LogP contribution in [0.4, 0.5) is 15.8 Å². The van der Waals surface area contributed by atoms with Crippen LogP contribution in [0.1, 0.15) is 22.8 Å². The third kappa shape index (κ3) is 5.41. The molecule has 2 aromatic carbocycles. The molecule has 154 valence electrons. The zero-order chi connectivity index (χ0) is 21.6. The van der Waals surface area contributed by atoms with Gasteiger partial charge in [0.1, 0.15) is 5.69 Å². The van der Waals surface area contributed by atoms with Crippen LogP contribution in [0, 0.1) is 15.9 Å². The number of carbonyl (C=O) groups excluding carboxylic acids is 2. The van der Waals surface area contributed by atoms with Crippen molar-refractivity contribution in [2.45, 2.75) is 13.5 Å². The number of nitrogens with two attached hydrogens (primary N) is 1. The summed E-state index contributed by atoms with van der Waals surface area (Å²) in [6.45, 7) is 1.57. The molecule has 0 fully saturated rings. The van der Waals surface area contributed by atoms with E-state index in [0.29, 0.717) is 12.1 Å². The number of nitrogen functional groups attached to an aromatic ring is 1. The van der Waals surface area contributed by atoms with Crippen molar-refractivity contribution >= 4 is 23.3 Å². The largest absolute Gasteiger partial charge is 0.494 e. The third-order valence-corrected chi connectivity index (χ3v) is 4.11. The van der Waals surface area contributed by atoms with Crippen molar-refractivity contribution in [2.75, 3.05) is 26.0 Å². The summed E-state index contributed by atoms with van der Waals surface area (Å²) in [5, 5.41) is 10.9. The predicted octanol–water partition coefficient (Wildman–Crippen LogP) is 2.53. The average Bonchev–Trinajstić information content (AvgIpc) is 2.70. The molecule has 2 rings (SSSR count). The Kier molecular flexibility index (Phi) is 7.07. The average molecular weight is 405 g/mol. The van der Waals surface area contributed by atoms with Gasteiger partial charge in [-0.1, -0.05) is 6.07 Å². The van der Waals surface area contributed by atoms with E-state index in [1.165, 1.54) is 36.3 Å². The van der Waals surface area contributed by atoms with E-state index in [1.807, 2.05) is 0 Å². The van der Waals surface area contributed by atoms with Crippen LogP contribution in [-0.2, 0) is 16.1 Å². The minimum Gasteiger partial charge on any atom is -0.494 e. The number of esters is 1. The van der Waals surface area contributed by atoms with Crippen molar-refractivity contribution in [2.24, 2.45) is 0 Å². The summed E-state index contributed by atoms with van der Waals surface area (Å²) in [5.41, 5.74) is 5.41. The standard InChI is InChI=1S/C19H20FN3O6/c1-3-22(10-12-4-7-17(28-2)14(20)8-12)18(24)11-29-19(25)13-5-6-15(21)16(9-13)23(26)27/h4-9H,3,10-11,21H2,1-2H3. The zero-order valence-electron chi connectivity index (χ0n) is 15.9. The van der Waals surface area contributed by atoms with Crippen LogP contribution >= 0.6 is 0 Å². The fourth-order valence-corrected chi connectivity index (χ4v) is 2.54. The fraction of sp³-hybridized carbons (Fsp3) is 0.263. The van der Waals surface area contributed by atoms with Crippen LogP contribution in [0.5, 0.6) is 5.75 Å². The van der Waals surface area contributed by atoms with Crippen molar-refractivity contribution < 1.29 is 28.4 Å². The Labute approximate surface area is 166 Å². The Morgan fingerprint density at radius 2 is 1.97 bits per heavy atom. The maximum Gasteiger partial charge on any atom is 0.338 e. The van der Waals surface area contributed by atoms with E-state index in [0.717, 1.165) is 6.07 Å². The van der Waals surface area contributed by atoms with E-state index in [2.05, 4.69) is 0 Å². The number of hydrogen-bond donors (Lipinski definition) is 1. The van der Waals surface area contributed by atoms with E-state index < -0.39 is 34.9 Å². The molecule has 0 radical (unpaired) electrons. The highest BCUT2D eigenvalue weighted by Gasteiger charge is 2.19. The molecule has 10 heteroatoms. The second-order valence-electron chi connectivity index (χ2n) is 5.98. The minimum atomic E-state index is -0.895. The molecule has 29 heavy (non-hydrogen) atoms. The van der Waals surface area contributed by atoms with Gasteiger partial charge in [0.15, 0.2) is 18.2 Å². The lowest BCUT2D eigenvalue weighted by atomic mass is 10.2. The smallest absolute Gasteiger partial charge is 0.338 e. The van der Waals surface area contributed by atoms with Crippen molar-refractivity contribution in [3.63, 3.8) is 0 Å². The first kappa shape index (κ1) is 21.6. The van der Waals surface area contributed by atoms with Crippen molar-refractivity contribution in [3.05, 3.63) is 63.5 Å². The van der Waals surface area contributed by atoms with Gasteiger partial charge in [0.25, 0.3) is 11.6 Å². The lowest BCUT2D eigenvalue weighted by Gasteiger charge is -2.21. The first-order chi connectivity index (χ1) is 13.8. The number of likely N-dealkylation sites (N-methyl/N-ethyl adjacent to an activating group) is 1. The van der Waals surface area contributed by atoms with Gasteiger partial charge in [-0.2, -0.15) is 0 Å². The molecule has 2 aromatic rings. The predicted molar refractivity (Wildman–Crippen MR) is 102 cm³/mol. The number of carbonyl (C=O) groups is 2. The maximum absolute atomic E-state index is 13.8. The number of benzene rings is 2. The van der Waals surface area contributed by atoms with E-state index in [4.69, 9.17) is 15.2 Å². The van der Waals surface area contributed by atoms with E-state index in [9.17, 15) is 24.1 Å². The summed E-state index contributed by atoms with van der Waals surface area (Å²) in [5.74, 6) is -1.85. The number of nitrogens with zero attached hydrogens (tertiary/aromatic N) is 2. The van der Waals surface area contributed by atoms with Crippen LogP contribution in [0.2, 0.25) is 0 Å². The van der Waals surface area contributed by atoms with Gasteiger partial charge < -0.3 is 20.1 Å². The first-order valence-corrected chi connectivity index (χ1v) is 8.58. The lowest BCUT2D eigenvalue weighted by molar-refractivity contribution is -0.383. The number of nitro groups is 1. The SMILES string of the molecule is CCN(Cc1ccc(OC)c(F)c1)C(=O)COC(=O)c1ccc(N)c([N+](=O)[O-])c1. The van der Waals surface area contributed by atoms with Crippen LogP contribution in [-0.4, -0.2) is 42.0 Å². The second-order valence-corrected chi connectivity index (χ2v) is 5.98. The highest BCUT2D eigenvalue weighted by Crippen LogP contribution is 2.23. The number of hydrogen-bond acceptors (Lipinski definition) is 7. The Balaban J connectivity index is 2.01. The Morgan fingerprint density at radius 3 is 2.55 bits per heavy atom. The van der Waals surface area contributed by atoms with Gasteiger partial charge in [0, 0.05) is 19.2 Å². The van der Waals surface area contributed by atoms with Gasteiger partial charge in [0.05, 0.1) is 17.6 Å². The summed E-state index contributed by atoms with van der Waals surface area (Å²) in [6, 6.07) is 7.81. The second kappa shape index (κ2) is 9.49. The van der Waals surface area contributed by atoms with Crippen LogP contribution in [0.25, 0.3) is 0 Å². The van der Waals surface area contributed by atoms with Crippen molar-refractivity contribution in [1.29, 1.82) is 0 Å². The highest BCUT2D eigenvalue weighted by molar-refractivity contribution is 5.92. The summed E-state index contributed by atoms with van der Waals surface area (Å²) < 4.78 is 23.6. The molecule has 0 saturated heterocycles. The maximum atomic E-state index is 13.8. The molecule has 2 N–H and O–H groups in total. The van der Waals surface area contributed by atoms with Crippen molar-refractivity contribution in [3.8, 4) is 5.75 Å². The Hall–Kier alpha value is -3.69. The number of methoxy groups -OCH3 is 1. The van der Waals surface area contributed by atoms with Crippen LogP contribution in [0.15, 0.2) is 36.4 Å². The van der Waals surface area contributed by atoms with Gasteiger partial charge in [-0.25, -0.2) is 9.18 Å². The molecule has 0 saturated carbocycles. The minimum absolute atomic E-state index is 0.0912. The summed E-state index contributed by atoms with van der Waals surface area (Å²) in [6.07, 6.45) is 0. The Bertz CT molecular complexity index is 934. The van der Waals surface area contributed by atoms with Crippen LogP contribution in [0.3, 0.4) is 0 Å². The van der Waals surface area contributed by atoms with Gasteiger partial charge in [0.2, 0.25) is 0 Å². The number of ether oxygens (including phenoxy) is 2. The number of nitro benzene ring substituents is 1. The molecule has 0 heterocycles. The molecule has 0 atom stereocenters. The number of amides is 1. The summed E-state index contributed by atoms with van der Waals surface area (Å²) in [7, 11) is 1.35. The van der Waals surface area contributed by atoms with E-state index in [1.54, 1.807) is 13.0 Å². The lowest BCUT2D eigenvalue weighted by Crippen LogP contribution is -2.34. The number of rotatable bonds is 8. The molecule has 0 aliphatic carbocycles. The van der Waals surface area contributed by atoms with Gasteiger partial charge in [-0.05, 0) is 36.8 Å². The van der Waals surface area contributed by atoms with E-state index in [-0.39, 0.29) is 23.5 Å². The fourth-order valence-electron chi connectivity index (χ4n) is 2.54. The number of halogens is 1. The molecule has 0 aromatic heterocycles. The van der Waals surface area contributed by atoms with Gasteiger partial charge in [-0.3, -0.25) is 14.9 Å². The molecular weight excluding hydrogens is 385 g/mol. The van der Waals surface area contributed by atoms with E-state index >= 15 is 0 Å². The molecule has 0 aliphatic rings. The normalized spacial score (nSPS) is 10.3. The summed E-state index contributed by atoms with van der Waals surface area (Å²) in [4.78, 5) is 36.0. The molecule has 0 aliphatic heterocycles. The summed E-state index contributed by atoms with van der Waals surface area (Å²) >= 11 is 0. The van der Waals surface area contributed by atoms with Crippen LogP contribution < -0.4 is 10.5 Å². The monoisotopic (exact) mass is 405 g/mol. The van der Waals surface area contributed by atoms with Crippen molar-refractivity contribution in [1.82, 2.24) is 4.90 Å². The number of anilines is 1. The zero-order valence-corrected chi connectivity index (χ0v) is 15.9.